The second kappa shape index (κ2) is 2.92. The molecule has 1 atom stereocenters. The van der Waals surface area contributed by atoms with Gasteiger partial charge in [0.2, 0.25) is 5.78 Å². The van der Waals surface area contributed by atoms with Crippen LogP contribution < -0.4 is 10.2 Å². The van der Waals surface area contributed by atoms with Gasteiger partial charge in [-0.25, -0.2) is 0 Å². The average molecular weight is 146 g/mol. The monoisotopic (exact) mass is 146 g/mol. The Bertz CT molecular complexity index is 182. The summed E-state index contributed by atoms with van der Waals surface area (Å²) in [4.78, 5) is 29.1. The lowest BCUT2D eigenvalue weighted by molar-refractivity contribution is -0.317. The van der Waals surface area contributed by atoms with E-state index in [1.54, 1.807) is 0 Å². The van der Waals surface area contributed by atoms with E-state index in [1.165, 1.54) is 0 Å². The van der Waals surface area contributed by atoms with Crippen LogP contribution in [0.3, 0.4) is 0 Å². The number of carboxylic acids is 2. The molecular weight excluding hydrogens is 144 g/mol. The van der Waals surface area contributed by atoms with Gasteiger partial charge in [0.05, 0.1) is 5.97 Å². The number of aliphatic carboxylic acids is 2. The quantitative estimate of drug-likeness (QED) is 0.316. The molecule has 10 heavy (non-hydrogen) atoms. The van der Waals surface area contributed by atoms with Gasteiger partial charge < -0.3 is 24.9 Å². The van der Waals surface area contributed by atoms with Crippen molar-refractivity contribution in [2.75, 3.05) is 0 Å². The Hall–Kier alpha value is -1.43. The molecule has 0 bridgehead atoms. The average Bonchev–Trinajstić information content (AvgIpc) is 1.84. The van der Waals surface area contributed by atoms with Crippen molar-refractivity contribution in [2.45, 2.75) is 6.10 Å². The number of hydrogen-bond donors (Lipinski definition) is 1. The van der Waals surface area contributed by atoms with Crippen LogP contribution in [-0.4, -0.2) is 28.9 Å². The molecule has 0 saturated heterocycles. The second-order valence-electron chi connectivity index (χ2n) is 1.37. The van der Waals surface area contributed by atoms with Crippen molar-refractivity contribution < 1.29 is 29.7 Å². The lowest BCUT2D eigenvalue weighted by atomic mass is 10.2. The first-order valence-electron chi connectivity index (χ1n) is 2.11. The van der Waals surface area contributed by atoms with Crippen LogP contribution in [0.4, 0.5) is 0 Å². The number of Topliss-reactive ketones (excluding diaryl/α,β-unsaturated/α-hetero) is 1. The van der Waals surface area contributed by atoms with Crippen molar-refractivity contribution in [3.05, 3.63) is 0 Å². The highest BCUT2D eigenvalue weighted by atomic mass is 16.4. The summed E-state index contributed by atoms with van der Waals surface area (Å²) in [6, 6.07) is 0. The Kier molecular flexibility index (Phi) is 2.51. The van der Waals surface area contributed by atoms with E-state index in [9.17, 15) is 24.6 Å². The molecule has 1 unspecified atom stereocenters. The van der Waals surface area contributed by atoms with Crippen LogP contribution in [-0.2, 0) is 14.4 Å². The predicted octanol–water partition coefficient (Wildman–Crippen LogP) is -4.58. The standard InChI is InChI=1S/C4H4O6/c5-1(3(7)8)2(6)4(9)10/h1,5H,(H,7,8)(H,9,10)/p-2. The molecule has 56 valence electrons. The number of rotatable bonds is 3. The lowest BCUT2D eigenvalue weighted by Crippen LogP contribution is -2.48. The van der Waals surface area contributed by atoms with Crippen LogP contribution in [0.5, 0.6) is 0 Å². The van der Waals surface area contributed by atoms with Gasteiger partial charge >= 0.3 is 0 Å². The molecule has 0 aliphatic heterocycles. The largest absolute Gasteiger partial charge is 0.547 e. The highest BCUT2D eigenvalue weighted by Crippen LogP contribution is 1.81. The molecule has 0 aliphatic carbocycles. The van der Waals surface area contributed by atoms with Gasteiger partial charge in [0.25, 0.3) is 0 Å². The van der Waals surface area contributed by atoms with Crippen LogP contribution in [0.1, 0.15) is 0 Å². The molecule has 0 rings (SSSR count). The van der Waals surface area contributed by atoms with Gasteiger partial charge in [-0.1, -0.05) is 0 Å². The first-order valence-corrected chi connectivity index (χ1v) is 2.11. The van der Waals surface area contributed by atoms with Crippen molar-refractivity contribution in [3.63, 3.8) is 0 Å². The van der Waals surface area contributed by atoms with Crippen LogP contribution in [0.15, 0.2) is 0 Å². The smallest absolute Gasteiger partial charge is 0.212 e. The molecule has 0 saturated carbocycles. The van der Waals surface area contributed by atoms with Crippen molar-refractivity contribution in [1.29, 1.82) is 0 Å². The summed E-state index contributed by atoms with van der Waals surface area (Å²) in [5, 5.41) is 27.2. The Balaban J connectivity index is 4.22. The summed E-state index contributed by atoms with van der Waals surface area (Å²) >= 11 is 0. The molecule has 0 amide bonds. The minimum absolute atomic E-state index is 1.92. The fraction of sp³-hybridized carbons (Fsp3) is 0.250. The first-order chi connectivity index (χ1) is 4.46. The fourth-order valence-electron chi connectivity index (χ4n) is 0.219. The molecule has 0 aliphatic rings. The Morgan fingerprint density at radius 3 is 1.70 bits per heavy atom. The third-order valence-electron chi connectivity index (χ3n) is 0.673. The molecule has 0 heterocycles. The Labute approximate surface area is 54.7 Å². The SMILES string of the molecule is O=C([O-])C(=O)C(O)C(=O)[O-]. The van der Waals surface area contributed by atoms with E-state index in [1.807, 2.05) is 0 Å². The summed E-state index contributed by atoms with van der Waals surface area (Å²) in [7, 11) is 0. The van der Waals surface area contributed by atoms with Gasteiger partial charge in [0.15, 0.2) is 6.10 Å². The molecule has 0 radical (unpaired) electrons. The van der Waals surface area contributed by atoms with Gasteiger partial charge in [-0.05, 0) is 0 Å². The first kappa shape index (κ1) is 8.57. The number of hydrogen-bond acceptors (Lipinski definition) is 6. The second-order valence-corrected chi connectivity index (χ2v) is 1.37. The van der Waals surface area contributed by atoms with Gasteiger partial charge in [0.1, 0.15) is 5.97 Å². The predicted molar refractivity (Wildman–Crippen MR) is 21.0 cm³/mol. The molecule has 0 aromatic rings. The highest BCUT2D eigenvalue weighted by Gasteiger charge is 2.16. The van der Waals surface area contributed by atoms with Gasteiger partial charge in [0, 0.05) is 0 Å². The maximum Gasteiger partial charge on any atom is 0.212 e. The van der Waals surface area contributed by atoms with Gasteiger partial charge in [-0.2, -0.15) is 0 Å². The van der Waals surface area contributed by atoms with Crippen molar-refractivity contribution >= 4 is 17.7 Å². The molecule has 6 heteroatoms. The molecule has 0 aromatic heterocycles. The number of carboxylic acid groups (broad SMARTS) is 2. The van der Waals surface area contributed by atoms with Crippen molar-refractivity contribution in [1.82, 2.24) is 0 Å². The number of aliphatic hydroxyl groups excluding tert-OH is 1. The minimum Gasteiger partial charge on any atom is -0.547 e. The molecule has 6 nitrogen and oxygen atoms in total. The van der Waals surface area contributed by atoms with Gasteiger partial charge in [-0.15, -0.1) is 0 Å². The van der Waals surface area contributed by atoms with Crippen LogP contribution in [0, 0.1) is 0 Å². The van der Waals surface area contributed by atoms with E-state index in [0.717, 1.165) is 0 Å². The number of carbonyl (C=O) groups excluding carboxylic acids is 3. The van der Waals surface area contributed by atoms with Crippen LogP contribution in [0.25, 0.3) is 0 Å². The molecule has 0 aromatic carbocycles. The third kappa shape index (κ3) is 1.82. The summed E-state index contributed by atoms with van der Waals surface area (Å²) < 4.78 is 0. The highest BCUT2D eigenvalue weighted by molar-refractivity contribution is 6.37. The number of aliphatic hydroxyl groups is 1. The van der Waals surface area contributed by atoms with Crippen molar-refractivity contribution in [3.8, 4) is 0 Å². The molecule has 0 spiro atoms. The molecular formula is C4H2O6-2. The fourth-order valence-corrected chi connectivity index (χ4v) is 0.219. The summed E-state index contributed by atoms with van der Waals surface area (Å²) in [6.07, 6.45) is -2.63. The van der Waals surface area contributed by atoms with Crippen molar-refractivity contribution in [2.24, 2.45) is 0 Å². The minimum atomic E-state index is -2.63. The molecule has 0 fully saturated rings. The van der Waals surface area contributed by atoms with E-state index in [2.05, 4.69) is 0 Å². The van der Waals surface area contributed by atoms with E-state index in [4.69, 9.17) is 5.11 Å². The Morgan fingerprint density at radius 1 is 1.20 bits per heavy atom. The van der Waals surface area contributed by atoms with Gasteiger partial charge in [-0.3, -0.25) is 4.79 Å². The van der Waals surface area contributed by atoms with E-state index >= 15 is 0 Å². The zero-order valence-corrected chi connectivity index (χ0v) is 4.57. The lowest BCUT2D eigenvalue weighted by Gasteiger charge is -2.09. The topological polar surface area (TPSA) is 118 Å². The summed E-state index contributed by atoms with van der Waals surface area (Å²) in [5.41, 5.74) is 0. The maximum absolute atomic E-state index is 9.95. The van der Waals surface area contributed by atoms with E-state index in [0.29, 0.717) is 0 Å². The summed E-state index contributed by atoms with van der Waals surface area (Å²) in [6.45, 7) is 0. The van der Waals surface area contributed by atoms with E-state index < -0.39 is 23.8 Å². The van der Waals surface area contributed by atoms with Crippen LogP contribution >= 0.6 is 0 Å². The van der Waals surface area contributed by atoms with E-state index in [-0.39, 0.29) is 0 Å². The molecule has 1 N–H and O–H groups in total. The zero-order valence-electron chi connectivity index (χ0n) is 4.57. The van der Waals surface area contributed by atoms with Crippen LogP contribution in [0.2, 0.25) is 0 Å². The summed E-state index contributed by atoms with van der Waals surface area (Å²) in [5.74, 6) is -6.33. The zero-order chi connectivity index (χ0) is 8.31. The third-order valence-corrected chi connectivity index (χ3v) is 0.673. The normalized spacial score (nSPS) is 12.1. The number of carbonyl (C=O) groups is 3. The maximum atomic E-state index is 9.95. The Morgan fingerprint density at radius 2 is 1.60 bits per heavy atom. The number of ketones is 1.